The van der Waals surface area contributed by atoms with E-state index in [0.717, 1.165) is 12.1 Å². The lowest BCUT2D eigenvalue weighted by atomic mass is 9.96. The minimum Gasteiger partial charge on any atom is -0.383 e. The van der Waals surface area contributed by atoms with Gasteiger partial charge in [-0.15, -0.1) is 0 Å². The van der Waals surface area contributed by atoms with E-state index in [1.165, 1.54) is 6.07 Å². The summed E-state index contributed by atoms with van der Waals surface area (Å²) >= 11 is 0. The van der Waals surface area contributed by atoms with Crippen molar-refractivity contribution in [1.82, 2.24) is 0 Å². The average molecular weight is 202 g/mol. The van der Waals surface area contributed by atoms with Crippen LogP contribution in [0.1, 0.15) is 5.56 Å². The van der Waals surface area contributed by atoms with Crippen molar-refractivity contribution in [2.45, 2.75) is 12.0 Å². The summed E-state index contributed by atoms with van der Waals surface area (Å²) < 4.78 is 39.6. The van der Waals surface area contributed by atoms with Gasteiger partial charge in [-0.3, -0.25) is 0 Å². The molecular formula is C9H9F3N2. The molecule has 1 heterocycles. The molecule has 1 aromatic carbocycles. The van der Waals surface area contributed by atoms with Crippen LogP contribution in [0.25, 0.3) is 0 Å². The quantitative estimate of drug-likeness (QED) is 0.671. The molecule has 1 aliphatic rings. The van der Waals surface area contributed by atoms with Gasteiger partial charge in [0.15, 0.2) is 0 Å². The number of anilines is 1. The van der Waals surface area contributed by atoms with Gasteiger partial charge < -0.3 is 11.1 Å². The molecule has 1 unspecified atom stereocenters. The summed E-state index contributed by atoms with van der Waals surface area (Å²) in [6, 6.07) is 1.95. The largest absolute Gasteiger partial charge is 0.383 e. The van der Waals surface area contributed by atoms with Crippen LogP contribution >= 0.6 is 0 Å². The Labute approximate surface area is 78.9 Å². The van der Waals surface area contributed by atoms with E-state index in [2.05, 4.69) is 5.32 Å². The molecule has 0 bridgehead atoms. The third kappa shape index (κ3) is 1.24. The number of fused-ring (bicyclic) bond motifs is 1. The molecule has 14 heavy (non-hydrogen) atoms. The number of benzene rings is 1. The van der Waals surface area contributed by atoms with Gasteiger partial charge in [-0.2, -0.15) is 8.78 Å². The monoisotopic (exact) mass is 202 g/mol. The second-order valence-electron chi connectivity index (χ2n) is 3.30. The zero-order valence-corrected chi connectivity index (χ0v) is 7.23. The molecule has 1 atom stereocenters. The van der Waals surface area contributed by atoms with Crippen LogP contribution in [0.15, 0.2) is 18.2 Å². The van der Waals surface area contributed by atoms with E-state index >= 15 is 0 Å². The van der Waals surface area contributed by atoms with E-state index in [1.54, 1.807) is 0 Å². The van der Waals surface area contributed by atoms with Crippen molar-refractivity contribution in [2.24, 2.45) is 5.73 Å². The normalized spacial score (nSPS) is 23.9. The van der Waals surface area contributed by atoms with Gasteiger partial charge >= 0.3 is 0 Å². The molecule has 1 aliphatic heterocycles. The van der Waals surface area contributed by atoms with Crippen LogP contribution in [0.3, 0.4) is 0 Å². The smallest absolute Gasteiger partial charge is 0.291 e. The van der Waals surface area contributed by atoms with Gasteiger partial charge in [-0.25, -0.2) is 4.39 Å². The molecule has 1 aromatic rings. The molecule has 0 fully saturated rings. The number of halogens is 3. The standard InChI is InChI=1S/C9H9F3N2/c10-5-1-2-7-6(3-5)9(11,12)8(13)4-14-7/h1-3,8,14H,4,13H2. The third-order valence-electron chi connectivity index (χ3n) is 2.32. The highest BCUT2D eigenvalue weighted by Gasteiger charge is 2.43. The zero-order chi connectivity index (χ0) is 10.3. The Morgan fingerprint density at radius 1 is 1.43 bits per heavy atom. The summed E-state index contributed by atoms with van der Waals surface area (Å²) in [5.41, 5.74) is 5.13. The predicted molar refractivity (Wildman–Crippen MR) is 46.8 cm³/mol. The zero-order valence-electron chi connectivity index (χ0n) is 7.23. The molecule has 0 aliphatic carbocycles. The average Bonchev–Trinajstić information content (AvgIpc) is 2.13. The molecule has 0 amide bonds. The Kier molecular flexibility index (Phi) is 1.92. The molecule has 2 rings (SSSR count). The van der Waals surface area contributed by atoms with E-state index in [1.807, 2.05) is 0 Å². The lowest BCUT2D eigenvalue weighted by molar-refractivity contribution is -0.0302. The Bertz CT molecular complexity index is 365. The van der Waals surface area contributed by atoms with Crippen molar-refractivity contribution in [3.05, 3.63) is 29.6 Å². The first-order valence-corrected chi connectivity index (χ1v) is 4.19. The minimum atomic E-state index is -3.16. The van der Waals surface area contributed by atoms with Crippen LogP contribution in [0, 0.1) is 5.82 Å². The van der Waals surface area contributed by atoms with Crippen molar-refractivity contribution in [1.29, 1.82) is 0 Å². The molecule has 0 saturated heterocycles. The summed E-state index contributed by atoms with van der Waals surface area (Å²) in [5, 5.41) is 2.72. The number of nitrogens with two attached hydrogens (primary N) is 1. The number of hydrogen-bond donors (Lipinski definition) is 2. The second-order valence-corrected chi connectivity index (χ2v) is 3.30. The van der Waals surface area contributed by atoms with E-state index < -0.39 is 17.8 Å². The summed E-state index contributed by atoms with van der Waals surface area (Å²) in [4.78, 5) is 0. The van der Waals surface area contributed by atoms with Crippen LogP contribution in [-0.4, -0.2) is 12.6 Å². The van der Waals surface area contributed by atoms with Gasteiger partial charge in [0.2, 0.25) is 0 Å². The van der Waals surface area contributed by atoms with Crippen LogP contribution < -0.4 is 11.1 Å². The first kappa shape index (κ1) is 9.33. The summed E-state index contributed by atoms with van der Waals surface area (Å²) in [6.45, 7) is -0.00830. The molecule has 0 spiro atoms. The first-order valence-electron chi connectivity index (χ1n) is 4.19. The molecule has 0 saturated carbocycles. The Morgan fingerprint density at radius 3 is 2.86 bits per heavy atom. The molecule has 2 nitrogen and oxygen atoms in total. The molecule has 5 heteroatoms. The van der Waals surface area contributed by atoms with Gasteiger partial charge in [0.25, 0.3) is 5.92 Å². The maximum atomic E-state index is 13.4. The number of rotatable bonds is 0. The molecule has 0 radical (unpaired) electrons. The van der Waals surface area contributed by atoms with Crippen molar-refractivity contribution < 1.29 is 13.2 Å². The fourth-order valence-electron chi connectivity index (χ4n) is 1.49. The van der Waals surface area contributed by atoms with Crippen LogP contribution in [0.2, 0.25) is 0 Å². The fourth-order valence-corrected chi connectivity index (χ4v) is 1.49. The number of alkyl halides is 2. The van der Waals surface area contributed by atoms with Crippen molar-refractivity contribution in [3.8, 4) is 0 Å². The third-order valence-corrected chi connectivity index (χ3v) is 2.32. The highest BCUT2D eigenvalue weighted by molar-refractivity contribution is 5.56. The van der Waals surface area contributed by atoms with Gasteiger partial charge in [0.1, 0.15) is 5.82 Å². The van der Waals surface area contributed by atoms with Crippen molar-refractivity contribution >= 4 is 5.69 Å². The van der Waals surface area contributed by atoms with Gasteiger partial charge in [-0.05, 0) is 18.2 Å². The lowest BCUT2D eigenvalue weighted by Crippen LogP contribution is -2.47. The van der Waals surface area contributed by atoms with Crippen molar-refractivity contribution in [2.75, 3.05) is 11.9 Å². The van der Waals surface area contributed by atoms with Gasteiger partial charge in [-0.1, -0.05) is 0 Å². The topological polar surface area (TPSA) is 38.0 Å². The second kappa shape index (κ2) is 2.88. The molecule has 3 N–H and O–H groups in total. The van der Waals surface area contributed by atoms with Gasteiger partial charge in [0.05, 0.1) is 6.04 Å². The Morgan fingerprint density at radius 2 is 2.14 bits per heavy atom. The molecule has 0 aromatic heterocycles. The summed E-state index contributed by atoms with van der Waals surface area (Å²) in [6.07, 6.45) is 0. The van der Waals surface area contributed by atoms with Crippen LogP contribution in [0.4, 0.5) is 18.9 Å². The number of nitrogens with one attached hydrogen (secondary N) is 1. The highest BCUT2D eigenvalue weighted by Crippen LogP contribution is 2.39. The van der Waals surface area contributed by atoms with Gasteiger partial charge in [0, 0.05) is 17.8 Å². The highest BCUT2D eigenvalue weighted by atomic mass is 19.3. The maximum Gasteiger partial charge on any atom is 0.291 e. The fraction of sp³-hybridized carbons (Fsp3) is 0.333. The summed E-state index contributed by atoms with van der Waals surface area (Å²) in [5.74, 6) is -3.85. The first-order chi connectivity index (χ1) is 6.51. The van der Waals surface area contributed by atoms with E-state index in [0.29, 0.717) is 0 Å². The molecule has 76 valence electrons. The van der Waals surface area contributed by atoms with E-state index in [4.69, 9.17) is 5.73 Å². The van der Waals surface area contributed by atoms with Crippen LogP contribution in [0.5, 0.6) is 0 Å². The van der Waals surface area contributed by atoms with E-state index in [9.17, 15) is 13.2 Å². The van der Waals surface area contributed by atoms with E-state index in [-0.39, 0.29) is 17.8 Å². The number of hydrogen-bond acceptors (Lipinski definition) is 2. The Hall–Kier alpha value is -1.23. The Balaban J connectivity index is 2.55. The SMILES string of the molecule is NC1CNc2ccc(F)cc2C1(F)F. The van der Waals surface area contributed by atoms with Crippen LogP contribution in [-0.2, 0) is 5.92 Å². The summed E-state index contributed by atoms with van der Waals surface area (Å²) in [7, 11) is 0. The molecular weight excluding hydrogens is 193 g/mol. The lowest BCUT2D eigenvalue weighted by Gasteiger charge is -2.31. The minimum absolute atomic E-state index is 0.00830. The maximum absolute atomic E-state index is 13.4. The predicted octanol–water partition coefficient (Wildman–Crippen LogP) is 1.67. The van der Waals surface area contributed by atoms with Crippen molar-refractivity contribution in [3.63, 3.8) is 0 Å².